The van der Waals surface area contributed by atoms with Crippen molar-refractivity contribution in [2.24, 2.45) is 0 Å². The molecule has 7 heteroatoms. The number of benzene rings is 2. The van der Waals surface area contributed by atoms with Crippen LogP contribution in [0.25, 0.3) is 0 Å². The molecule has 0 bridgehead atoms. The van der Waals surface area contributed by atoms with E-state index in [0.717, 1.165) is 5.56 Å². The number of ether oxygens (including phenoxy) is 2. The zero-order valence-electron chi connectivity index (χ0n) is 14.7. The standard InChI is InChI=1S/C19H21ClN2O4/c1-3-25-16-10-9-13(11-17(16)26-4-2)12-18(23)21-22-19(24)14-7-5-6-8-15(14)20/h5-11H,3-4,12H2,1-2H3,(H,21,23)(H,22,24). The third kappa shape index (κ3) is 5.39. The van der Waals surface area contributed by atoms with Crippen LogP contribution in [0.5, 0.6) is 11.5 Å². The number of amides is 2. The topological polar surface area (TPSA) is 76.7 Å². The summed E-state index contributed by atoms with van der Waals surface area (Å²) in [6, 6.07) is 11.9. The number of nitrogens with one attached hydrogen (secondary N) is 2. The number of halogens is 1. The van der Waals surface area contributed by atoms with Crippen LogP contribution in [-0.4, -0.2) is 25.0 Å². The van der Waals surface area contributed by atoms with Gasteiger partial charge in [-0.1, -0.05) is 29.8 Å². The normalized spacial score (nSPS) is 10.1. The Kier molecular flexibility index (Phi) is 7.29. The molecule has 0 aliphatic heterocycles. The van der Waals surface area contributed by atoms with Gasteiger partial charge in [-0.15, -0.1) is 0 Å². The van der Waals surface area contributed by atoms with Crippen molar-refractivity contribution in [1.82, 2.24) is 10.9 Å². The average molecular weight is 377 g/mol. The van der Waals surface area contributed by atoms with Crippen molar-refractivity contribution in [3.05, 3.63) is 58.6 Å². The van der Waals surface area contributed by atoms with E-state index in [1.165, 1.54) is 0 Å². The Morgan fingerprint density at radius 2 is 1.65 bits per heavy atom. The van der Waals surface area contributed by atoms with Crippen molar-refractivity contribution in [1.29, 1.82) is 0 Å². The Labute approximate surface area is 157 Å². The maximum absolute atomic E-state index is 12.1. The number of hydrogen-bond acceptors (Lipinski definition) is 4. The molecule has 0 heterocycles. The minimum atomic E-state index is -0.481. The zero-order valence-corrected chi connectivity index (χ0v) is 15.4. The van der Waals surface area contributed by atoms with Gasteiger partial charge in [-0.3, -0.25) is 20.4 Å². The highest BCUT2D eigenvalue weighted by atomic mass is 35.5. The summed E-state index contributed by atoms with van der Waals surface area (Å²) in [5.74, 6) is 0.368. The Balaban J connectivity index is 1.96. The Morgan fingerprint density at radius 1 is 0.962 bits per heavy atom. The smallest absolute Gasteiger partial charge is 0.271 e. The molecular formula is C19H21ClN2O4. The van der Waals surface area contributed by atoms with Gasteiger partial charge in [-0.05, 0) is 43.7 Å². The zero-order chi connectivity index (χ0) is 18.9. The second-order valence-corrected chi connectivity index (χ2v) is 5.71. The molecule has 0 unspecified atom stereocenters. The highest BCUT2D eigenvalue weighted by Crippen LogP contribution is 2.28. The molecular weight excluding hydrogens is 356 g/mol. The molecule has 2 amide bonds. The van der Waals surface area contributed by atoms with E-state index in [2.05, 4.69) is 10.9 Å². The van der Waals surface area contributed by atoms with Crippen molar-refractivity contribution in [2.45, 2.75) is 20.3 Å². The molecule has 0 spiro atoms. The molecule has 0 saturated heterocycles. The van der Waals surface area contributed by atoms with Crippen LogP contribution in [0.3, 0.4) is 0 Å². The number of hydrazine groups is 1. The summed E-state index contributed by atoms with van der Waals surface area (Å²) < 4.78 is 11.0. The SMILES string of the molecule is CCOc1ccc(CC(=O)NNC(=O)c2ccccc2Cl)cc1OCC. The monoisotopic (exact) mass is 376 g/mol. The molecule has 0 atom stereocenters. The molecule has 0 radical (unpaired) electrons. The summed E-state index contributed by atoms with van der Waals surface area (Å²) in [4.78, 5) is 24.1. The third-order valence-corrected chi connectivity index (χ3v) is 3.74. The molecule has 0 fully saturated rings. The number of carbonyl (C=O) groups is 2. The fourth-order valence-corrected chi connectivity index (χ4v) is 2.50. The Hall–Kier alpha value is -2.73. The van der Waals surface area contributed by atoms with Crippen LogP contribution in [0.1, 0.15) is 29.8 Å². The molecule has 2 rings (SSSR count). The van der Waals surface area contributed by atoms with Crippen molar-refractivity contribution in [3.8, 4) is 11.5 Å². The van der Waals surface area contributed by atoms with Gasteiger partial charge in [0.25, 0.3) is 5.91 Å². The van der Waals surface area contributed by atoms with E-state index in [4.69, 9.17) is 21.1 Å². The van der Waals surface area contributed by atoms with Crippen LogP contribution in [0.2, 0.25) is 5.02 Å². The highest BCUT2D eigenvalue weighted by molar-refractivity contribution is 6.33. The second kappa shape index (κ2) is 9.68. The van der Waals surface area contributed by atoms with Gasteiger partial charge in [-0.25, -0.2) is 0 Å². The van der Waals surface area contributed by atoms with E-state index in [0.29, 0.717) is 29.7 Å². The van der Waals surface area contributed by atoms with Crippen LogP contribution in [0, 0.1) is 0 Å². The summed E-state index contributed by atoms with van der Waals surface area (Å²) in [6.45, 7) is 4.77. The predicted octanol–water partition coefficient (Wildman–Crippen LogP) is 3.14. The van der Waals surface area contributed by atoms with Crippen molar-refractivity contribution < 1.29 is 19.1 Å². The summed E-state index contributed by atoms with van der Waals surface area (Å²) in [7, 11) is 0. The number of carbonyl (C=O) groups excluding carboxylic acids is 2. The minimum Gasteiger partial charge on any atom is -0.490 e. The summed E-state index contributed by atoms with van der Waals surface area (Å²) in [6.07, 6.45) is 0.0787. The quantitative estimate of drug-likeness (QED) is 0.728. The second-order valence-electron chi connectivity index (χ2n) is 5.31. The van der Waals surface area contributed by atoms with Crippen molar-refractivity contribution in [3.63, 3.8) is 0 Å². The van der Waals surface area contributed by atoms with E-state index < -0.39 is 5.91 Å². The van der Waals surface area contributed by atoms with E-state index in [9.17, 15) is 9.59 Å². The van der Waals surface area contributed by atoms with Crippen LogP contribution in [0.4, 0.5) is 0 Å². The molecule has 138 valence electrons. The third-order valence-electron chi connectivity index (χ3n) is 3.41. The minimum absolute atomic E-state index is 0.0787. The first-order valence-corrected chi connectivity index (χ1v) is 8.65. The van der Waals surface area contributed by atoms with Gasteiger partial charge in [-0.2, -0.15) is 0 Å². The Morgan fingerprint density at radius 3 is 2.35 bits per heavy atom. The molecule has 0 saturated carbocycles. The van der Waals surface area contributed by atoms with Gasteiger partial charge >= 0.3 is 0 Å². The lowest BCUT2D eigenvalue weighted by Gasteiger charge is -2.13. The number of rotatable bonds is 7. The predicted molar refractivity (Wildman–Crippen MR) is 99.5 cm³/mol. The van der Waals surface area contributed by atoms with Gasteiger partial charge in [0.1, 0.15) is 0 Å². The van der Waals surface area contributed by atoms with Crippen LogP contribution < -0.4 is 20.3 Å². The van der Waals surface area contributed by atoms with E-state index in [-0.39, 0.29) is 17.9 Å². The van der Waals surface area contributed by atoms with Crippen LogP contribution in [0.15, 0.2) is 42.5 Å². The number of hydrogen-bond donors (Lipinski definition) is 2. The van der Waals surface area contributed by atoms with Gasteiger partial charge in [0.15, 0.2) is 11.5 Å². The first kappa shape index (κ1) is 19.6. The van der Waals surface area contributed by atoms with Gasteiger partial charge in [0.05, 0.1) is 30.2 Å². The summed E-state index contributed by atoms with van der Waals surface area (Å²) in [5, 5.41) is 0.312. The van der Waals surface area contributed by atoms with Crippen molar-refractivity contribution >= 4 is 23.4 Å². The van der Waals surface area contributed by atoms with Crippen LogP contribution in [-0.2, 0) is 11.2 Å². The average Bonchev–Trinajstić information content (AvgIpc) is 2.62. The summed E-state index contributed by atoms with van der Waals surface area (Å²) >= 11 is 5.95. The Bertz CT molecular complexity index is 780. The molecule has 0 aliphatic carbocycles. The lowest BCUT2D eigenvalue weighted by Crippen LogP contribution is -2.42. The molecule has 0 aliphatic rings. The molecule has 26 heavy (non-hydrogen) atoms. The first-order chi connectivity index (χ1) is 12.5. The highest BCUT2D eigenvalue weighted by Gasteiger charge is 2.12. The molecule has 0 aromatic heterocycles. The molecule has 2 aromatic rings. The van der Waals surface area contributed by atoms with Gasteiger partial charge < -0.3 is 9.47 Å². The molecule has 6 nitrogen and oxygen atoms in total. The lowest BCUT2D eigenvalue weighted by molar-refractivity contribution is -0.121. The molecule has 2 N–H and O–H groups in total. The maximum atomic E-state index is 12.1. The summed E-state index contributed by atoms with van der Waals surface area (Å²) in [5.41, 5.74) is 5.75. The lowest BCUT2D eigenvalue weighted by atomic mass is 10.1. The first-order valence-electron chi connectivity index (χ1n) is 8.27. The van der Waals surface area contributed by atoms with Gasteiger partial charge in [0, 0.05) is 0 Å². The van der Waals surface area contributed by atoms with Gasteiger partial charge in [0.2, 0.25) is 5.91 Å². The fraction of sp³-hybridized carbons (Fsp3) is 0.263. The molecule has 2 aromatic carbocycles. The van der Waals surface area contributed by atoms with E-state index in [1.54, 1.807) is 42.5 Å². The van der Waals surface area contributed by atoms with E-state index in [1.807, 2.05) is 13.8 Å². The van der Waals surface area contributed by atoms with Crippen molar-refractivity contribution in [2.75, 3.05) is 13.2 Å². The maximum Gasteiger partial charge on any atom is 0.271 e. The largest absolute Gasteiger partial charge is 0.490 e. The fourth-order valence-electron chi connectivity index (χ4n) is 2.27. The van der Waals surface area contributed by atoms with Crippen LogP contribution >= 0.6 is 11.6 Å². The van der Waals surface area contributed by atoms with E-state index >= 15 is 0 Å².